The van der Waals surface area contributed by atoms with Gasteiger partial charge in [-0.1, -0.05) is 65.9 Å². The van der Waals surface area contributed by atoms with Crippen molar-refractivity contribution in [2.24, 2.45) is 0 Å². The van der Waals surface area contributed by atoms with E-state index < -0.39 is 0 Å². The van der Waals surface area contributed by atoms with Gasteiger partial charge in [0.1, 0.15) is 11.3 Å². The Labute approximate surface area is 207 Å². The van der Waals surface area contributed by atoms with Gasteiger partial charge in [0.25, 0.3) is 5.91 Å². The molecule has 176 valence electrons. The fraction of sp³-hybridized carbons (Fsp3) is 0.179. The van der Waals surface area contributed by atoms with Crippen molar-refractivity contribution in [3.05, 3.63) is 90.2 Å². The third kappa shape index (κ3) is 4.78. The predicted octanol–water partition coefficient (Wildman–Crippen LogP) is 6.25. The number of carbonyl (C=O) groups is 1. The van der Waals surface area contributed by atoms with E-state index in [1.807, 2.05) is 80.8 Å². The minimum Gasteiger partial charge on any atom is -0.309 e. The lowest BCUT2D eigenvalue weighted by Gasteiger charge is -2.22. The van der Waals surface area contributed by atoms with Crippen LogP contribution in [0.3, 0.4) is 0 Å². The highest BCUT2D eigenvalue weighted by Crippen LogP contribution is 2.33. The summed E-state index contributed by atoms with van der Waals surface area (Å²) in [6.07, 6.45) is 0.756. The quantitative estimate of drug-likeness (QED) is 0.274. The zero-order valence-corrected chi connectivity index (χ0v) is 20.4. The molecular formula is C28H25FN4OS. The summed E-state index contributed by atoms with van der Waals surface area (Å²) in [4.78, 5) is 27.3. The monoisotopic (exact) mass is 484 g/mol. The standard InChI is InChI=1S/C28H25FN4OS/c1-32(2)16-9-17-33(28-31-26-22(29)13-8-15-25(26)35-28)27(34)21-18-24(19-10-4-3-5-11-19)30-23-14-7-6-12-20(21)23/h3-8,10-15,18H,9,16-17H2,1-2H3. The van der Waals surface area contributed by atoms with E-state index in [1.165, 1.54) is 17.4 Å². The second-order valence-electron chi connectivity index (χ2n) is 8.63. The number of aromatic nitrogens is 2. The van der Waals surface area contributed by atoms with Crippen LogP contribution in [0.1, 0.15) is 16.8 Å². The van der Waals surface area contributed by atoms with Gasteiger partial charge in [-0.25, -0.2) is 14.4 Å². The van der Waals surface area contributed by atoms with Gasteiger partial charge in [-0.05, 0) is 51.3 Å². The van der Waals surface area contributed by atoms with Crippen LogP contribution in [0.25, 0.3) is 32.4 Å². The largest absolute Gasteiger partial charge is 0.309 e. The number of thiazole rings is 1. The number of para-hydroxylation sites is 2. The van der Waals surface area contributed by atoms with E-state index in [2.05, 4.69) is 9.88 Å². The number of rotatable bonds is 7. The van der Waals surface area contributed by atoms with Crippen molar-refractivity contribution in [2.75, 3.05) is 32.1 Å². The number of hydrogen-bond acceptors (Lipinski definition) is 5. The summed E-state index contributed by atoms with van der Waals surface area (Å²) in [6, 6.07) is 24.2. The maximum Gasteiger partial charge on any atom is 0.260 e. The molecule has 2 heterocycles. The molecule has 35 heavy (non-hydrogen) atoms. The molecule has 0 N–H and O–H groups in total. The van der Waals surface area contributed by atoms with Crippen LogP contribution in [-0.4, -0.2) is 48.0 Å². The minimum absolute atomic E-state index is 0.168. The molecule has 5 nitrogen and oxygen atoms in total. The van der Waals surface area contributed by atoms with Crippen molar-refractivity contribution in [1.29, 1.82) is 0 Å². The number of fused-ring (bicyclic) bond motifs is 2. The molecule has 0 unspecified atom stereocenters. The molecule has 0 atom stereocenters. The highest BCUT2D eigenvalue weighted by Gasteiger charge is 2.24. The van der Waals surface area contributed by atoms with Crippen LogP contribution in [0.2, 0.25) is 0 Å². The number of pyridine rings is 1. The van der Waals surface area contributed by atoms with Crippen LogP contribution >= 0.6 is 11.3 Å². The molecule has 7 heteroatoms. The lowest BCUT2D eigenvalue weighted by molar-refractivity contribution is 0.0987. The molecule has 2 aromatic heterocycles. The van der Waals surface area contributed by atoms with Crippen molar-refractivity contribution < 1.29 is 9.18 Å². The highest BCUT2D eigenvalue weighted by atomic mass is 32.1. The number of carbonyl (C=O) groups excluding carboxylic acids is 1. The SMILES string of the molecule is CN(C)CCCN(C(=O)c1cc(-c2ccccc2)nc2ccccc12)c1nc2c(F)cccc2s1. The summed E-state index contributed by atoms with van der Waals surface area (Å²) in [6.45, 7) is 1.28. The second-order valence-corrected chi connectivity index (χ2v) is 9.64. The zero-order valence-electron chi connectivity index (χ0n) is 19.6. The molecule has 0 saturated carbocycles. The Kier molecular flexibility index (Phi) is 6.53. The van der Waals surface area contributed by atoms with Gasteiger partial charge in [-0.3, -0.25) is 9.69 Å². The first-order valence-electron chi connectivity index (χ1n) is 11.5. The van der Waals surface area contributed by atoms with Gasteiger partial charge in [-0.2, -0.15) is 0 Å². The molecule has 0 fully saturated rings. The average Bonchev–Trinajstić information content (AvgIpc) is 3.31. The summed E-state index contributed by atoms with van der Waals surface area (Å²) in [7, 11) is 4.00. The number of amides is 1. The lowest BCUT2D eigenvalue weighted by atomic mass is 10.0. The molecule has 0 aliphatic carbocycles. The van der Waals surface area contributed by atoms with E-state index in [1.54, 1.807) is 11.0 Å². The van der Waals surface area contributed by atoms with Crippen molar-refractivity contribution >= 4 is 43.5 Å². The van der Waals surface area contributed by atoms with Gasteiger partial charge in [0.15, 0.2) is 5.13 Å². The van der Waals surface area contributed by atoms with Gasteiger partial charge < -0.3 is 4.90 Å². The first kappa shape index (κ1) is 23.1. The third-order valence-electron chi connectivity index (χ3n) is 5.84. The first-order valence-corrected chi connectivity index (χ1v) is 12.3. The molecule has 5 rings (SSSR count). The van der Waals surface area contributed by atoms with Crippen molar-refractivity contribution in [2.45, 2.75) is 6.42 Å². The normalized spacial score (nSPS) is 11.4. The van der Waals surface area contributed by atoms with Crippen molar-refractivity contribution in [3.8, 4) is 11.3 Å². The van der Waals surface area contributed by atoms with Gasteiger partial charge in [-0.15, -0.1) is 0 Å². The maximum absolute atomic E-state index is 14.4. The van der Waals surface area contributed by atoms with E-state index in [0.717, 1.165) is 39.8 Å². The summed E-state index contributed by atoms with van der Waals surface area (Å²) in [5, 5.41) is 1.28. The van der Waals surface area contributed by atoms with Gasteiger partial charge >= 0.3 is 0 Å². The number of benzene rings is 3. The van der Waals surface area contributed by atoms with Crippen LogP contribution in [0, 0.1) is 5.82 Å². The van der Waals surface area contributed by atoms with Crippen LogP contribution in [0.15, 0.2) is 78.9 Å². The average molecular weight is 485 g/mol. The van der Waals surface area contributed by atoms with Crippen LogP contribution in [0.5, 0.6) is 0 Å². The minimum atomic E-state index is -0.383. The van der Waals surface area contributed by atoms with Gasteiger partial charge in [0.05, 0.1) is 21.5 Å². The predicted molar refractivity (Wildman–Crippen MR) is 142 cm³/mol. The Balaban J connectivity index is 1.63. The highest BCUT2D eigenvalue weighted by molar-refractivity contribution is 7.22. The zero-order chi connectivity index (χ0) is 24.4. The Morgan fingerprint density at radius 2 is 1.69 bits per heavy atom. The summed E-state index contributed by atoms with van der Waals surface area (Å²) in [5.74, 6) is -0.551. The fourth-order valence-corrected chi connectivity index (χ4v) is 5.11. The molecule has 0 aliphatic rings. The smallest absolute Gasteiger partial charge is 0.260 e. The molecule has 0 spiro atoms. The van der Waals surface area contributed by atoms with Crippen molar-refractivity contribution in [3.63, 3.8) is 0 Å². The Hall–Kier alpha value is -3.68. The Morgan fingerprint density at radius 3 is 2.46 bits per heavy atom. The second kappa shape index (κ2) is 9.90. The van der Waals surface area contributed by atoms with E-state index >= 15 is 0 Å². The van der Waals surface area contributed by atoms with Gasteiger partial charge in [0.2, 0.25) is 0 Å². The number of hydrogen-bond donors (Lipinski definition) is 0. The molecule has 0 saturated heterocycles. The Bertz CT molecular complexity index is 1500. The number of anilines is 1. The molecule has 5 aromatic rings. The molecular weight excluding hydrogens is 459 g/mol. The third-order valence-corrected chi connectivity index (χ3v) is 6.88. The van der Waals surface area contributed by atoms with Crippen LogP contribution < -0.4 is 4.90 Å². The molecule has 0 aliphatic heterocycles. The summed E-state index contributed by atoms with van der Waals surface area (Å²) in [5.41, 5.74) is 3.27. The lowest BCUT2D eigenvalue weighted by Crippen LogP contribution is -2.33. The van der Waals surface area contributed by atoms with Crippen LogP contribution in [0.4, 0.5) is 9.52 Å². The van der Waals surface area contributed by atoms with E-state index in [9.17, 15) is 9.18 Å². The number of halogens is 1. The van der Waals surface area contributed by atoms with E-state index in [0.29, 0.717) is 22.8 Å². The molecule has 0 bridgehead atoms. The summed E-state index contributed by atoms with van der Waals surface area (Å²) < 4.78 is 15.1. The van der Waals surface area contributed by atoms with Crippen LogP contribution in [-0.2, 0) is 0 Å². The fourth-order valence-electron chi connectivity index (χ4n) is 4.10. The maximum atomic E-state index is 14.4. The molecule has 3 aromatic carbocycles. The number of nitrogens with zero attached hydrogens (tertiary/aromatic N) is 4. The van der Waals surface area contributed by atoms with E-state index in [-0.39, 0.29) is 11.7 Å². The topological polar surface area (TPSA) is 49.3 Å². The van der Waals surface area contributed by atoms with Gasteiger partial charge in [0, 0.05) is 17.5 Å². The summed E-state index contributed by atoms with van der Waals surface area (Å²) >= 11 is 1.33. The molecule has 1 amide bonds. The first-order chi connectivity index (χ1) is 17.0. The Morgan fingerprint density at radius 1 is 0.914 bits per heavy atom. The van der Waals surface area contributed by atoms with E-state index in [4.69, 9.17) is 4.98 Å². The van der Waals surface area contributed by atoms with Crippen molar-refractivity contribution in [1.82, 2.24) is 14.9 Å². The molecule has 0 radical (unpaired) electrons.